The molecule has 0 aliphatic carbocycles. The van der Waals surface area contributed by atoms with Gasteiger partial charge in [-0.2, -0.15) is 0 Å². The van der Waals surface area contributed by atoms with Crippen molar-refractivity contribution in [3.05, 3.63) is 35.5 Å². The second kappa shape index (κ2) is 6.43. The SMILES string of the molecule is c1ccc(-c2ncc(CN3CC4(CCNCC4)[C@@H]4COC[C@@H]43)s2)nc1. The Morgan fingerprint density at radius 3 is 3.00 bits per heavy atom. The van der Waals surface area contributed by atoms with E-state index in [1.165, 1.54) is 24.3 Å². The highest BCUT2D eigenvalue weighted by Crippen LogP contribution is 2.49. The van der Waals surface area contributed by atoms with Crippen molar-refractivity contribution in [3.8, 4) is 10.7 Å². The topological polar surface area (TPSA) is 50.3 Å². The Bertz CT molecular complexity index is 728. The minimum atomic E-state index is 0.459. The van der Waals surface area contributed by atoms with E-state index in [1.807, 2.05) is 30.6 Å². The maximum Gasteiger partial charge on any atom is 0.142 e. The van der Waals surface area contributed by atoms with Gasteiger partial charge in [-0.1, -0.05) is 6.07 Å². The number of aromatic nitrogens is 2. The number of piperidine rings is 1. The van der Waals surface area contributed by atoms with Crippen molar-refractivity contribution in [1.29, 1.82) is 0 Å². The van der Waals surface area contributed by atoms with Gasteiger partial charge in [0.15, 0.2) is 0 Å². The van der Waals surface area contributed by atoms with Gasteiger partial charge in [-0.25, -0.2) is 4.98 Å². The second-order valence-electron chi connectivity index (χ2n) is 7.58. The smallest absolute Gasteiger partial charge is 0.142 e. The number of pyridine rings is 1. The molecule has 6 heteroatoms. The van der Waals surface area contributed by atoms with Crippen molar-refractivity contribution in [2.75, 3.05) is 32.8 Å². The van der Waals surface area contributed by atoms with Crippen LogP contribution in [0.15, 0.2) is 30.6 Å². The largest absolute Gasteiger partial charge is 0.379 e. The minimum absolute atomic E-state index is 0.459. The number of hydrogen-bond acceptors (Lipinski definition) is 6. The zero-order valence-corrected chi connectivity index (χ0v) is 15.2. The minimum Gasteiger partial charge on any atom is -0.379 e. The van der Waals surface area contributed by atoms with E-state index in [4.69, 9.17) is 4.74 Å². The summed E-state index contributed by atoms with van der Waals surface area (Å²) in [4.78, 5) is 13.0. The van der Waals surface area contributed by atoms with Crippen LogP contribution < -0.4 is 5.32 Å². The number of rotatable bonds is 3. The first-order valence-electron chi connectivity index (χ1n) is 9.23. The number of thiazole rings is 1. The van der Waals surface area contributed by atoms with Gasteiger partial charge in [-0.15, -0.1) is 11.3 Å². The summed E-state index contributed by atoms with van der Waals surface area (Å²) in [6.07, 6.45) is 6.44. The number of fused-ring (bicyclic) bond motifs is 2. The van der Waals surface area contributed by atoms with Crippen molar-refractivity contribution < 1.29 is 4.74 Å². The molecule has 0 aromatic carbocycles. The van der Waals surface area contributed by atoms with Crippen LogP contribution in [0.5, 0.6) is 0 Å². The lowest BCUT2D eigenvalue weighted by Crippen LogP contribution is -2.42. The normalized spacial score (nSPS) is 28.5. The molecule has 0 unspecified atom stereocenters. The van der Waals surface area contributed by atoms with Crippen molar-refractivity contribution in [2.45, 2.75) is 25.4 Å². The van der Waals surface area contributed by atoms with Gasteiger partial charge >= 0.3 is 0 Å². The number of hydrogen-bond donors (Lipinski definition) is 1. The summed E-state index contributed by atoms with van der Waals surface area (Å²) in [6, 6.07) is 6.58. The molecular weight excluding hydrogens is 332 g/mol. The standard InChI is InChI=1S/C19H24N4OS/c1-2-6-21-16(3-1)18-22-9-14(25-18)10-23-13-19(4-7-20-8-5-19)15-11-24-12-17(15)23/h1-3,6,9,15,17,20H,4-5,7-8,10-13H2/t15-,17+/m1/s1. The molecule has 3 fully saturated rings. The lowest BCUT2D eigenvalue weighted by Gasteiger charge is -2.37. The van der Waals surface area contributed by atoms with E-state index in [0.717, 1.165) is 43.5 Å². The molecule has 2 aromatic heterocycles. The third-order valence-corrected chi connectivity index (χ3v) is 7.22. The molecule has 25 heavy (non-hydrogen) atoms. The fraction of sp³-hybridized carbons (Fsp3) is 0.579. The molecule has 5 rings (SSSR count). The lowest BCUT2D eigenvalue weighted by atomic mass is 9.70. The second-order valence-corrected chi connectivity index (χ2v) is 8.69. The molecule has 2 aromatic rings. The molecule has 0 bridgehead atoms. The molecule has 2 atom stereocenters. The van der Waals surface area contributed by atoms with Gasteiger partial charge in [0.25, 0.3) is 0 Å². The highest BCUT2D eigenvalue weighted by atomic mass is 32.1. The van der Waals surface area contributed by atoms with E-state index in [0.29, 0.717) is 17.4 Å². The van der Waals surface area contributed by atoms with E-state index < -0.39 is 0 Å². The number of nitrogens with one attached hydrogen (secondary N) is 1. The quantitative estimate of drug-likeness (QED) is 0.915. The average molecular weight is 356 g/mol. The van der Waals surface area contributed by atoms with Gasteiger partial charge in [0.2, 0.25) is 0 Å². The maximum absolute atomic E-state index is 5.90. The lowest BCUT2D eigenvalue weighted by molar-refractivity contribution is 0.0849. The van der Waals surface area contributed by atoms with E-state index in [1.54, 1.807) is 11.3 Å². The molecule has 3 saturated heterocycles. The average Bonchev–Trinajstić information content (AvgIpc) is 3.37. The third-order valence-electron chi connectivity index (χ3n) is 6.22. The zero-order valence-electron chi connectivity index (χ0n) is 14.4. The summed E-state index contributed by atoms with van der Waals surface area (Å²) >= 11 is 1.77. The molecule has 132 valence electrons. The van der Waals surface area contributed by atoms with Gasteiger partial charge in [0.1, 0.15) is 5.01 Å². The molecule has 0 radical (unpaired) electrons. The summed E-state index contributed by atoms with van der Waals surface area (Å²) in [6.45, 7) is 6.35. The summed E-state index contributed by atoms with van der Waals surface area (Å²) < 4.78 is 5.90. The monoisotopic (exact) mass is 356 g/mol. The fourth-order valence-corrected chi connectivity index (χ4v) is 5.86. The van der Waals surface area contributed by atoms with Crippen molar-refractivity contribution >= 4 is 11.3 Å². The van der Waals surface area contributed by atoms with Gasteiger partial charge in [0.05, 0.1) is 18.9 Å². The molecular formula is C19H24N4OS. The van der Waals surface area contributed by atoms with Crippen LogP contribution in [0.25, 0.3) is 10.7 Å². The van der Waals surface area contributed by atoms with Crippen LogP contribution in [-0.4, -0.2) is 53.8 Å². The Labute approximate surface area is 152 Å². The summed E-state index contributed by atoms with van der Waals surface area (Å²) in [5.74, 6) is 0.706. The first kappa shape index (κ1) is 15.9. The molecule has 5 heterocycles. The number of nitrogens with zero attached hydrogens (tertiary/aromatic N) is 3. The number of ether oxygens (including phenoxy) is 1. The van der Waals surface area contributed by atoms with Gasteiger partial charge in [-0.3, -0.25) is 9.88 Å². The summed E-state index contributed by atoms with van der Waals surface area (Å²) in [5.41, 5.74) is 1.43. The Hall–Kier alpha value is -1.34. The molecule has 0 amide bonds. The van der Waals surface area contributed by atoms with Crippen molar-refractivity contribution in [1.82, 2.24) is 20.2 Å². The molecule has 1 N–H and O–H groups in total. The van der Waals surface area contributed by atoms with Crippen LogP contribution in [-0.2, 0) is 11.3 Å². The zero-order chi connectivity index (χ0) is 16.7. The maximum atomic E-state index is 5.90. The Morgan fingerprint density at radius 1 is 1.24 bits per heavy atom. The van der Waals surface area contributed by atoms with E-state index in [9.17, 15) is 0 Å². The first-order valence-corrected chi connectivity index (χ1v) is 10.0. The van der Waals surface area contributed by atoms with Crippen molar-refractivity contribution in [3.63, 3.8) is 0 Å². The summed E-state index contributed by atoms with van der Waals surface area (Å²) in [5, 5.41) is 4.55. The molecule has 3 aliphatic rings. The Balaban J connectivity index is 1.35. The highest BCUT2D eigenvalue weighted by molar-refractivity contribution is 7.14. The predicted octanol–water partition coefficient (Wildman–Crippen LogP) is 2.41. The Morgan fingerprint density at radius 2 is 2.16 bits per heavy atom. The van der Waals surface area contributed by atoms with Crippen LogP contribution in [0, 0.1) is 11.3 Å². The van der Waals surface area contributed by atoms with E-state index >= 15 is 0 Å². The molecule has 1 spiro atoms. The predicted molar refractivity (Wildman–Crippen MR) is 98.4 cm³/mol. The third kappa shape index (κ3) is 2.81. The summed E-state index contributed by atoms with van der Waals surface area (Å²) in [7, 11) is 0. The van der Waals surface area contributed by atoms with Crippen LogP contribution in [0.2, 0.25) is 0 Å². The first-order chi connectivity index (χ1) is 12.3. The van der Waals surface area contributed by atoms with E-state index in [2.05, 4.69) is 20.2 Å². The van der Waals surface area contributed by atoms with Crippen LogP contribution in [0.4, 0.5) is 0 Å². The Kier molecular flexibility index (Phi) is 4.08. The molecule has 5 nitrogen and oxygen atoms in total. The van der Waals surface area contributed by atoms with Gasteiger partial charge < -0.3 is 10.1 Å². The van der Waals surface area contributed by atoms with Crippen LogP contribution in [0.3, 0.4) is 0 Å². The molecule has 3 aliphatic heterocycles. The van der Waals surface area contributed by atoms with Crippen LogP contribution >= 0.6 is 11.3 Å². The van der Waals surface area contributed by atoms with Crippen molar-refractivity contribution in [2.24, 2.45) is 11.3 Å². The highest BCUT2D eigenvalue weighted by Gasteiger charge is 2.54. The molecule has 0 saturated carbocycles. The van der Waals surface area contributed by atoms with Crippen LogP contribution in [0.1, 0.15) is 17.7 Å². The van der Waals surface area contributed by atoms with E-state index in [-0.39, 0.29) is 0 Å². The van der Waals surface area contributed by atoms with Gasteiger partial charge in [-0.05, 0) is 43.5 Å². The van der Waals surface area contributed by atoms with Gasteiger partial charge in [0, 0.05) is 42.3 Å². The fourth-order valence-electron chi connectivity index (χ4n) is 4.94. The number of likely N-dealkylation sites (tertiary alicyclic amines) is 1.